The van der Waals surface area contributed by atoms with Crippen molar-refractivity contribution in [1.82, 2.24) is 14.5 Å². The summed E-state index contributed by atoms with van der Waals surface area (Å²) in [5.74, 6) is -1.01. The predicted octanol–water partition coefficient (Wildman–Crippen LogP) is 3.70. The number of hydrogen-bond donors (Lipinski definition) is 0. The minimum atomic E-state index is -4.52. The van der Waals surface area contributed by atoms with Gasteiger partial charge in [0.05, 0.1) is 16.4 Å². The molecule has 0 aliphatic rings. The molecule has 0 aliphatic heterocycles. The van der Waals surface area contributed by atoms with Crippen LogP contribution in [-0.2, 0) is 6.18 Å². The Morgan fingerprint density at radius 3 is 2.59 bits per heavy atom. The molecule has 2 aromatic heterocycles. The first-order valence-electron chi connectivity index (χ1n) is 4.31. The van der Waals surface area contributed by atoms with E-state index in [1.54, 1.807) is 0 Å². The lowest BCUT2D eigenvalue weighted by Gasteiger charge is -2.10. The Balaban J connectivity index is 2.54. The predicted molar refractivity (Wildman–Crippen MR) is 59.1 cm³/mol. The number of hydrogen-bond acceptors (Lipinski definition) is 2. The summed E-state index contributed by atoms with van der Waals surface area (Å²) in [4.78, 5) is 7.04. The third-order valence-electron chi connectivity index (χ3n) is 1.95. The Labute approximate surface area is 107 Å². The zero-order chi connectivity index (χ0) is 12.6. The van der Waals surface area contributed by atoms with Crippen LogP contribution in [0, 0.1) is 0 Å². The lowest BCUT2D eigenvalue weighted by molar-refractivity contribution is -0.145. The van der Waals surface area contributed by atoms with Crippen LogP contribution in [0.1, 0.15) is 5.82 Å². The molecular formula is C9H4BrClF3N3. The third-order valence-corrected chi connectivity index (χ3v) is 3.09. The van der Waals surface area contributed by atoms with E-state index in [1.165, 1.54) is 18.5 Å². The van der Waals surface area contributed by atoms with Crippen LogP contribution in [0.25, 0.3) is 5.69 Å². The van der Waals surface area contributed by atoms with Crippen molar-refractivity contribution in [2.45, 2.75) is 6.18 Å². The Hall–Kier alpha value is -1.08. The van der Waals surface area contributed by atoms with E-state index in [9.17, 15) is 13.2 Å². The number of halogens is 5. The van der Waals surface area contributed by atoms with Crippen molar-refractivity contribution in [3.05, 3.63) is 40.1 Å². The van der Waals surface area contributed by atoms with Crippen molar-refractivity contribution < 1.29 is 13.2 Å². The van der Waals surface area contributed by atoms with Gasteiger partial charge < -0.3 is 0 Å². The highest BCUT2D eigenvalue weighted by molar-refractivity contribution is 9.10. The van der Waals surface area contributed by atoms with Gasteiger partial charge >= 0.3 is 6.18 Å². The zero-order valence-corrected chi connectivity index (χ0v) is 10.4. The van der Waals surface area contributed by atoms with E-state index < -0.39 is 12.0 Å². The van der Waals surface area contributed by atoms with E-state index in [1.807, 2.05) is 0 Å². The molecule has 3 nitrogen and oxygen atoms in total. The average molecular weight is 327 g/mol. The molecule has 2 heterocycles. The van der Waals surface area contributed by atoms with Crippen LogP contribution in [0.5, 0.6) is 0 Å². The van der Waals surface area contributed by atoms with Crippen molar-refractivity contribution >= 4 is 27.5 Å². The number of nitrogens with zero attached hydrogens (tertiary/aromatic N) is 3. The molecule has 0 spiro atoms. The van der Waals surface area contributed by atoms with Crippen molar-refractivity contribution in [2.75, 3.05) is 0 Å². The fourth-order valence-corrected chi connectivity index (χ4v) is 1.70. The Kier molecular flexibility index (Phi) is 3.13. The van der Waals surface area contributed by atoms with Crippen molar-refractivity contribution in [3.8, 4) is 5.69 Å². The standard InChI is InChI=1S/C9H4BrClF3N3/c10-6-3-5(4-16-7(6)11)17-2-1-15-8(17)9(12,13)14/h1-4H. The fraction of sp³-hybridized carbons (Fsp3) is 0.111. The molecule has 0 bridgehead atoms. The number of imidazole rings is 1. The van der Waals surface area contributed by atoms with Gasteiger partial charge in [-0.05, 0) is 22.0 Å². The molecule has 0 atom stereocenters. The lowest BCUT2D eigenvalue weighted by Crippen LogP contribution is -2.13. The van der Waals surface area contributed by atoms with Crippen LogP contribution >= 0.6 is 27.5 Å². The maximum Gasteiger partial charge on any atom is 0.450 e. The smallest absolute Gasteiger partial charge is 0.295 e. The van der Waals surface area contributed by atoms with Crippen molar-refractivity contribution in [1.29, 1.82) is 0 Å². The molecule has 0 N–H and O–H groups in total. The summed E-state index contributed by atoms with van der Waals surface area (Å²) >= 11 is 8.76. The fourth-order valence-electron chi connectivity index (χ4n) is 1.26. The van der Waals surface area contributed by atoms with Gasteiger partial charge in [0.15, 0.2) is 0 Å². The summed E-state index contributed by atoms with van der Waals surface area (Å²) in [5.41, 5.74) is 0.228. The third kappa shape index (κ3) is 2.44. The Morgan fingerprint density at radius 1 is 1.29 bits per heavy atom. The molecule has 0 fully saturated rings. The second-order valence-electron chi connectivity index (χ2n) is 3.08. The quantitative estimate of drug-likeness (QED) is 0.748. The first-order chi connectivity index (χ1) is 7.89. The number of pyridine rings is 1. The van der Waals surface area contributed by atoms with Crippen LogP contribution in [0.4, 0.5) is 13.2 Å². The summed E-state index contributed by atoms with van der Waals surface area (Å²) in [6, 6.07) is 1.44. The second-order valence-corrected chi connectivity index (χ2v) is 4.30. The van der Waals surface area contributed by atoms with Crippen molar-refractivity contribution in [2.24, 2.45) is 0 Å². The molecule has 8 heteroatoms. The molecule has 17 heavy (non-hydrogen) atoms. The average Bonchev–Trinajstić information content (AvgIpc) is 2.70. The van der Waals surface area contributed by atoms with Gasteiger partial charge in [-0.25, -0.2) is 9.97 Å². The molecule has 0 radical (unpaired) electrons. The highest BCUT2D eigenvalue weighted by Crippen LogP contribution is 2.30. The van der Waals surface area contributed by atoms with Crippen LogP contribution in [0.2, 0.25) is 5.15 Å². The van der Waals surface area contributed by atoms with E-state index in [0.717, 1.165) is 10.8 Å². The van der Waals surface area contributed by atoms with E-state index in [4.69, 9.17) is 11.6 Å². The molecule has 0 aliphatic carbocycles. The van der Waals surface area contributed by atoms with Crippen LogP contribution in [0.15, 0.2) is 29.1 Å². The van der Waals surface area contributed by atoms with Gasteiger partial charge in [-0.1, -0.05) is 11.6 Å². The van der Waals surface area contributed by atoms with Gasteiger partial charge in [-0.2, -0.15) is 13.2 Å². The van der Waals surface area contributed by atoms with E-state index >= 15 is 0 Å². The van der Waals surface area contributed by atoms with Crippen molar-refractivity contribution in [3.63, 3.8) is 0 Å². The second kappa shape index (κ2) is 4.30. The van der Waals surface area contributed by atoms with E-state index in [-0.39, 0.29) is 10.8 Å². The van der Waals surface area contributed by atoms with Gasteiger partial charge in [-0.3, -0.25) is 4.57 Å². The van der Waals surface area contributed by atoms with E-state index in [0.29, 0.717) is 4.47 Å². The molecule has 0 saturated carbocycles. The number of rotatable bonds is 1. The van der Waals surface area contributed by atoms with Gasteiger partial charge in [0.2, 0.25) is 5.82 Å². The highest BCUT2D eigenvalue weighted by Gasteiger charge is 2.36. The summed E-state index contributed by atoms with van der Waals surface area (Å²) in [6.45, 7) is 0. The maximum atomic E-state index is 12.6. The Bertz CT molecular complexity index is 553. The van der Waals surface area contributed by atoms with Gasteiger partial charge in [0.1, 0.15) is 5.15 Å². The topological polar surface area (TPSA) is 30.7 Å². The molecule has 2 aromatic rings. The monoisotopic (exact) mass is 325 g/mol. The number of alkyl halides is 3. The zero-order valence-electron chi connectivity index (χ0n) is 8.04. The molecule has 90 valence electrons. The number of aromatic nitrogens is 3. The van der Waals surface area contributed by atoms with Gasteiger partial charge in [0.25, 0.3) is 0 Å². The van der Waals surface area contributed by atoms with Crippen LogP contribution in [-0.4, -0.2) is 14.5 Å². The molecular weight excluding hydrogens is 322 g/mol. The summed E-state index contributed by atoms with van der Waals surface area (Å²) in [5, 5.41) is 0.183. The largest absolute Gasteiger partial charge is 0.450 e. The molecule has 0 unspecified atom stereocenters. The minimum Gasteiger partial charge on any atom is -0.295 e. The lowest BCUT2D eigenvalue weighted by atomic mass is 10.4. The summed E-state index contributed by atoms with van der Waals surface area (Å²) < 4.78 is 39.1. The highest BCUT2D eigenvalue weighted by atomic mass is 79.9. The first kappa shape index (κ1) is 12.4. The summed E-state index contributed by atoms with van der Waals surface area (Å²) in [6.07, 6.45) is -0.995. The summed E-state index contributed by atoms with van der Waals surface area (Å²) in [7, 11) is 0. The van der Waals surface area contributed by atoms with Crippen LogP contribution < -0.4 is 0 Å². The van der Waals surface area contributed by atoms with Gasteiger partial charge in [0, 0.05) is 12.4 Å². The molecule has 0 amide bonds. The molecule has 0 aromatic carbocycles. The molecule has 2 rings (SSSR count). The first-order valence-corrected chi connectivity index (χ1v) is 5.48. The normalized spacial score (nSPS) is 11.8. The Morgan fingerprint density at radius 2 is 2.00 bits per heavy atom. The minimum absolute atomic E-state index is 0.183. The van der Waals surface area contributed by atoms with Crippen LogP contribution in [0.3, 0.4) is 0 Å². The van der Waals surface area contributed by atoms with Gasteiger partial charge in [-0.15, -0.1) is 0 Å². The molecule has 0 saturated heterocycles. The SMILES string of the molecule is FC(F)(F)c1nccn1-c1cnc(Cl)c(Br)c1. The van der Waals surface area contributed by atoms with E-state index in [2.05, 4.69) is 25.9 Å². The maximum absolute atomic E-state index is 12.6.